The molecule has 17 heavy (non-hydrogen) atoms. The first kappa shape index (κ1) is 11.8. The van der Waals surface area contributed by atoms with Crippen molar-refractivity contribution >= 4 is 17.6 Å². The van der Waals surface area contributed by atoms with Gasteiger partial charge in [0.25, 0.3) is 0 Å². The number of ether oxygens (including phenoxy) is 1. The van der Waals surface area contributed by atoms with Crippen molar-refractivity contribution in [3.05, 3.63) is 17.7 Å². The summed E-state index contributed by atoms with van der Waals surface area (Å²) >= 11 is 1.32. The molecule has 0 aliphatic heterocycles. The maximum atomic E-state index is 5.68. The molecule has 0 unspecified atom stereocenters. The first-order valence-electron chi connectivity index (χ1n) is 4.86. The number of nitrogens with one attached hydrogen (secondary N) is 1. The number of methoxy groups -OCH3 is 1. The maximum Gasteiger partial charge on any atom is 0.214 e. The van der Waals surface area contributed by atoms with Crippen LogP contribution in [0.25, 0.3) is 0 Å². The summed E-state index contributed by atoms with van der Waals surface area (Å²) < 4.78 is 4.96. The lowest BCUT2D eigenvalue weighted by molar-refractivity contribution is 0.177. The molecule has 0 amide bonds. The zero-order valence-electron chi connectivity index (χ0n) is 9.47. The van der Waals surface area contributed by atoms with E-state index in [4.69, 9.17) is 10.5 Å². The number of nitrogens with zero attached hydrogens (tertiary/aromatic N) is 4. The Bertz CT molecular complexity index is 514. The SMILES string of the molecule is COCc1nc(N)cc(Sc2n[nH]c(C)n2)n1. The van der Waals surface area contributed by atoms with Gasteiger partial charge < -0.3 is 10.5 Å². The van der Waals surface area contributed by atoms with Gasteiger partial charge in [-0.2, -0.15) is 0 Å². The van der Waals surface area contributed by atoms with E-state index in [1.165, 1.54) is 11.8 Å². The number of hydrogen-bond donors (Lipinski definition) is 2. The van der Waals surface area contributed by atoms with E-state index in [9.17, 15) is 0 Å². The molecule has 0 fully saturated rings. The molecule has 0 atom stereocenters. The fourth-order valence-electron chi connectivity index (χ4n) is 1.20. The average molecular weight is 252 g/mol. The Morgan fingerprint density at radius 2 is 2.24 bits per heavy atom. The summed E-state index contributed by atoms with van der Waals surface area (Å²) in [7, 11) is 1.58. The van der Waals surface area contributed by atoms with Crippen LogP contribution >= 0.6 is 11.8 Å². The van der Waals surface area contributed by atoms with Crippen LogP contribution in [0.15, 0.2) is 16.2 Å². The van der Waals surface area contributed by atoms with Crippen molar-refractivity contribution < 1.29 is 4.74 Å². The number of nitrogens with two attached hydrogens (primary N) is 1. The molecule has 0 aromatic carbocycles. The van der Waals surface area contributed by atoms with Gasteiger partial charge in [-0.25, -0.2) is 15.0 Å². The summed E-state index contributed by atoms with van der Waals surface area (Å²) in [6, 6.07) is 1.68. The molecule has 0 aliphatic rings. The number of aromatic nitrogens is 5. The molecule has 0 spiro atoms. The minimum Gasteiger partial charge on any atom is -0.384 e. The topological polar surface area (TPSA) is 103 Å². The molecule has 2 heterocycles. The summed E-state index contributed by atoms with van der Waals surface area (Å²) in [4.78, 5) is 12.5. The Kier molecular flexibility index (Phi) is 3.55. The van der Waals surface area contributed by atoms with E-state index in [2.05, 4.69) is 25.1 Å². The third kappa shape index (κ3) is 3.14. The summed E-state index contributed by atoms with van der Waals surface area (Å²) in [5.41, 5.74) is 5.68. The van der Waals surface area contributed by atoms with Gasteiger partial charge in [-0.05, 0) is 18.7 Å². The zero-order chi connectivity index (χ0) is 12.3. The van der Waals surface area contributed by atoms with Gasteiger partial charge >= 0.3 is 0 Å². The largest absolute Gasteiger partial charge is 0.384 e. The highest BCUT2D eigenvalue weighted by molar-refractivity contribution is 7.99. The van der Waals surface area contributed by atoms with Gasteiger partial charge in [0.1, 0.15) is 23.3 Å². The van der Waals surface area contributed by atoms with E-state index in [-0.39, 0.29) is 0 Å². The Morgan fingerprint density at radius 3 is 2.88 bits per heavy atom. The molecule has 0 aliphatic carbocycles. The van der Waals surface area contributed by atoms with Gasteiger partial charge in [0.2, 0.25) is 5.16 Å². The van der Waals surface area contributed by atoms with Gasteiger partial charge in [-0.1, -0.05) is 0 Å². The molecule has 0 bridgehead atoms. The Morgan fingerprint density at radius 1 is 1.41 bits per heavy atom. The van der Waals surface area contributed by atoms with E-state index >= 15 is 0 Å². The third-order valence-electron chi connectivity index (χ3n) is 1.81. The Labute approximate surface area is 102 Å². The maximum absolute atomic E-state index is 5.68. The van der Waals surface area contributed by atoms with Crippen molar-refractivity contribution in [3.8, 4) is 0 Å². The molecular weight excluding hydrogens is 240 g/mol. The first-order valence-corrected chi connectivity index (χ1v) is 5.68. The quantitative estimate of drug-likeness (QED) is 0.775. The van der Waals surface area contributed by atoms with Gasteiger partial charge in [-0.3, -0.25) is 5.10 Å². The molecule has 8 heteroatoms. The van der Waals surface area contributed by atoms with E-state index in [1.807, 2.05) is 6.92 Å². The predicted octanol–water partition coefficient (Wildman–Crippen LogP) is 0.783. The van der Waals surface area contributed by atoms with E-state index < -0.39 is 0 Å². The van der Waals surface area contributed by atoms with Crippen LogP contribution in [0.1, 0.15) is 11.6 Å². The Balaban J connectivity index is 2.20. The summed E-state index contributed by atoms with van der Waals surface area (Å²) in [5.74, 6) is 1.70. The van der Waals surface area contributed by atoms with Crippen LogP contribution in [0.5, 0.6) is 0 Å². The smallest absolute Gasteiger partial charge is 0.214 e. The number of H-pyrrole nitrogens is 1. The van der Waals surface area contributed by atoms with Crippen molar-refractivity contribution in [1.29, 1.82) is 0 Å². The molecule has 2 rings (SSSR count). The molecule has 2 aromatic heterocycles. The highest BCUT2D eigenvalue weighted by Gasteiger charge is 2.07. The number of anilines is 1. The Hall–Kier alpha value is -1.67. The van der Waals surface area contributed by atoms with Crippen molar-refractivity contribution in [2.75, 3.05) is 12.8 Å². The zero-order valence-corrected chi connectivity index (χ0v) is 10.3. The van der Waals surface area contributed by atoms with Crippen LogP contribution < -0.4 is 5.73 Å². The highest BCUT2D eigenvalue weighted by Crippen LogP contribution is 2.23. The minimum absolute atomic E-state index is 0.325. The molecule has 0 radical (unpaired) electrons. The van der Waals surface area contributed by atoms with E-state index in [0.717, 1.165) is 5.82 Å². The van der Waals surface area contributed by atoms with Crippen molar-refractivity contribution in [2.45, 2.75) is 23.7 Å². The number of aromatic amines is 1. The molecule has 0 saturated carbocycles. The van der Waals surface area contributed by atoms with Gasteiger partial charge in [-0.15, -0.1) is 5.10 Å². The van der Waals surface area contributed by atoms with E-state index in [1.54, 1.807) is 13.2 Å². The van der Waals surface area contributed by atoms with Gasteiger partial charge in [0.05, 0.1) is 0 Å². The molecule has 0 saturated heterocycles. The molecule has 2 aromatic rings. The second kappa shape index (κ2) is 5.11. The lowest BCUT2D eigenvalue weighted by Gasteiger charge is -2.02. The monoisotopic (exact) mass is 252 g/mol. The molecular formula is C9H12N6OS. The van der Waals surface area contributed by atoms with E-state index in [0.29, 0.717) is 28.4 Å². The molecule has 3 N–H and O–H groups in total. The number of hydrogen-bond acceptors (Lipinski definition) is 7. The minimum atomic E-state index is 0.325. The molecule has 7 nitrogen and oxygen atoms in total. The third-order valence-corrected chi connectivity index (χ3v) is 2.60. The van der Waals surface area contributed by atoms with Crippen LogP contribution in [0.3, 0.4) is 0 Å². The summed E-state index contributed by atoms with van der Waals surface area (Å²) in [6.45, 7) is 2.16. The fraction of sp³-hybridized carbons (Fsp3) is 0.333. The highest BCUT2D eigenvalue weighted by atomic mass is 32.2. The number of aryl methyl sites for hydroxylation is 1. The standard InChI is InChI=1S/C9H12N6OS/c1-5-11-9(15-14-5)17-8-3-6(10)12-7(13-8)4-16-2/h3H,4H2,1-2H3,(H2,10,12,13)(H,11,14,15). The van der Waals surface area contributed by atoms with Gasteiger partial charge in [0, 0.05) is 13.2 Å². The van der Waals surface area contributed by atoms with Crippen LogP contribution in [0.2, 0.25) is 0 Å². The first-order chi connectivity index (χ1) is 8.17. The fourth-order valence-corrected chi connectivity index (χ4v) is 1.99. The summed E-state index contributed by atoms with van der Waals surface area (Å²) in [6.07, 6.45) is 0. The van der Waals surface area contributed by atoms with Crippen LogP contribution in [0.4, 0.5) is 5.82 Å². The summed E-state index contributed by atoms with van der Waals surface area (Å²) in [5, 5.41) is 8.07. The average Bonchev–Trinajstić information content (AvgIpc) is 2.63. The second-order valence-electron chi connectivity index (χ2n) is 3.29. The second-order valence-corrected chi connectivity index (χ2v) is 4.27. The van der Waals surface area contributed by atoms with Crippen molar-refractivity contribution in [3.63, 3.8) is 0 Å². The van der Waals surface area contributed by atoms with Crippen LogP contribution in [0, 0.1) is 6.92 Å². The van der Waals surface area contributed by atoms with Crippen molar-refractivity contribution in [2.24, 2.45) is 0 Å². The lowest BCUT2D eigenvalue weighted by atomic mass is 10.5. The lowest BCUT2D eigenvalue weighted by Crippen LogP contribution is -2.01. The number of nitrogen functional groups attached to an aromatic ring is 1. The normalized spacial score (nSPS) is 10.7. The van der Waals surface area contributed by atoms with Crippen LogP contribution in [-0.2, 0) is 11.3 Å². The molecule has 90 valence electrons. The number of rotatable bonds is 4. The predicted molar refractivity (Wildman–Crippen MR) is 62.4 cm³/mol. The van der Waals surface area contributed by atoms with Gasteiger partial charge in [0.15, 0.2) is 5.82 Å². The van der Waals surface area contributed by atoms with Crippen molar-refractivity contribution in [1.82, 2.24) is 25.1 Å². The van der Waals surface area contributed by atoms with Crippen LogP contribution in [-0.4, -0.2) is 32.3 Å².